The minimum Gasteiger partial charge on any atom is -0.353 e. The molecule has 0 radical (unpaired) electrons. The Morgan fingerprint density at radius 3 is 2.46 bits per heavy atom. The van der Waals surface area contributed by atoms with Crippen molar-refractivity contribution in [1.29, 1.82) is 0 Å². The number of nitrogens with zero attached hydrogens (tertiary/aromatic N) is 9. The van der Waals surface area contributed by atoms with Crippen LogP contribution < -0.4 is 20.4 Å². The SMILES string of the molecule is CC(C)(c1n[nH]c(CNC(=O)c2cc(C34CC(c5ccc(CN6CCN(c7cn8ncc(N9CCC(=O)NC9=O)c8cn7)CC6)cc5)(C3)C4)no2)n1)C(F)(F)F. The average Bonchev–Trinajstić information content (AvgIpc) is 3.91. The van der Waals surface area contributed by atoms with E-state index in [9.17, 15) is 27.6 Å². The molecular weight excluding hydrogens is 733 g/mol. The number of carbonyl (C=O) groups is 3. The summed E-state index contributed by atoms with van der Waals surface area (Å²) in [5, 5.41) is 19.8. The fourth-order valence-corrected chi connectivity index (χ4v) is 8.41. The molecule has 1 aromatic carbocycles. The molecule has 19 heteroatoms. The molecule has 4 amide bonds. The lowest BCUT2D eigenvalue weighted by Crippen LogP contribution is -2.67. The number of anilines is 2. The maximum absolute atomic E-state index is 13.3. The number of nitrogens with one attached hydrogen (secondary N) is 3. The van der Waals surface area contributed by atoms with Gasteiger partial charge in [0, 0.05) is 57.2 Å². The predicted octanol–water partition coefficient (Wildman–Crippen LogP) is 3.75. The van der Waals surface area contributed by atoms with E-state index in [1.165, 1.54) is 16.0 Å². The first-order valence-corrected chi connectivity index (χ1v) is 18.5. The van der Waals surface area contributed by atoms with Gasteiger partial charge >= 0.3 is 12.2 Å². The quantitative estimate of drug-likeness (QED) is 0.188. The van der Waals surface area contributed by atoms with Gasteiger partial charge in [-0.3, -0.25) is 29.8 Å². The van der Waals surface area contributed by atoms with Crippen molar-refractivity contribution in [2.45, 2.75) is 75.0 Å². The molecule has 3 aliphatic carbocycles. The first kappa shape index (κ1) is 35.8. The predicted molar refractivity (Wildman–Crippen MR) is 193 cm³/mol. The highest BCUT2D eigenvalue weighted by Crippen LogP contribution is 2.73. The van der Waals surface area contributed by atoms with E-state index in [2.05, 4.69) is 75.1 Å². The van der Waals surface area contributed by atoms with Gasteiger partial charge in [-0.15, -0.1) is 0 Å². The van der Waals surface area contributed by atoms with Gasteiger partial charge < -0.3 is 14.7 Å². The van der Waals surface area contributed by atoms with Crippen molar-refractivity contribution >= 4 is 34.9 Å². The second kappa shape index (κ2) is 12.9. The van der Waals surface area contributed by atoms with Crippen LogP contribution in [-0.4, -0.2) is 96.6 Å². The monoisotopic (exact) mass is 772 g/mol. The summed E-state index contributed by atoms with van der Waals surface area (Å²) in [5.41, 5.74) is 2.31. The Kier molecular flexibility index (Phi) is 8.22. The minimum absolute atomic E-state index is 0.0357. The third-order valence-corrected chi connectivity index (χ3v) is 11.9. The zero-order valence-corrected chi connectivity index (χ0v) is 30.7. The maximum Gasteiger partial charge on any atom is 0.401 e. The van der Waals surface area contributed by atoms with Crippen LogP contribution >= 0.6 is 0 Å². The molecular formula is C37H39F3N12O4. The molecule has 3 N–H and O–H groups in total. The molecule has 3 saturated carbocycles. The van der Waals surface area contributed by atoms with Gasteiger partial charge in [0.25, 0.3) is 5.91 Å². The Morgan fingerprint density at radius 2 is 1.75 bits per heavy atom. The summed E-state index contributed by atoms with van der Waals surface area (Å²) < 4.78 is 47.1. The van der Waals surface area contributed by atoms with E-state index >= 15 is 0 Å². The smallest absolute Gasteiger partial charge is 0.353 e. The van der Waals surface area contributed by atoms with Crippen molar-refractivity contribution < 1.29 is 32.1 Å². The van der Waals surface area contributed by atoms with Crippen LogP contribution in [0.2, 0.25) is 0 Å². The molecule has 0 unspecified atom stereocenters. The molecule has 2 aliphatic heterocycles. The van der Waals surface area contributed by atoms with Crippen LogP contribution in [0, 0.1) is 0 Å². The van der Waals surface area contributed by atoms with Crippen LogP contribution in [0.1, 0.15) is 78.6 Å². The highest BCUT2D eigenvalue weighted by molar-refractivity contribution is 6.07. The number of alkyl halides is 3. The molecule has 5 aliphatic rings. The largest absolute Gasteiger partial charge is 0.401 e. The van der Waals surface area contributed by atoms with E-state index in [-0.39, 0.29) is 41.3 Å². The van der Waals surface area contributed by atoms with E-state index in [0.717, 1.165) is 77.3 Å². The Hall–Kier alpha value is -5.85. The maximum atomic E-state index is 13.3. The van der Waals surface area contributed by atoms with Crippen LogP contribution in [0.15, 0.2) is 53.4 Å². The lowest BCUT2D eigenvalue weighted by atomic mass is 9.32. The first-order valence-electron chi connectivity index (χ1n) is 18.5. The lowest BCUT2D eigenvalue weighted by Gasteiger charge is -2.70. The molecule has 4 aromatic heterocycles. The van der Waals surface area contributed by atoms with Crippen molar-refractivity contribution in [2.75, 3.05) is 42.5 Å². The molecule has 2 saturated heterocycles. The second-order valence-electron chi connectivity index (χ2n) is 15.9. The third-order valence-electron chi connectivity index (χ3n) is 11.9. The number of H-pyrrole nitrogens is 1. The molecule has 0 spiro atoms. The van der Waals surface area contributed by atoms with Crippen LogP contribution in [0.4, 0.5) is 29.5 Å². The van der Waals surface area contributed by atoms with Gasteiger partial charge in [-0.1, -0.05) is 29.4 Å². The van der Waals surface area contributed by atoms with Crippen LogP contribution in [0.3, 0.4) is 0 Å². The number of aromatic nitrogens is 7. The Morgan fingerprint density at radius 1 is 1.00 bits per heavy atom. The highest BCUT2D eigenvalue weighted by Gasteiger charge is 2.70. The molecule has 5 aromatic rings. The van der Waals surface area contributed by atoms with Crippen molar-refractivity contribution in [2.24, 2.45) is 0 Å². The first-order chi connectivity index (χ1) is 26.7. The number of hydrogen-bond donors (Lipinski definition) is 3. The van der Waals surface area contributed by atoms with E-state index in [1.54, 1.807) is 23.0 Å². The summed E-state index contributed by atoms with van der Waals surface area (Å²) in [4.78, 5) is 51.5. The number of aromatic amines is 1. The lowest BCUT2D eigenvalue weighted by molar-refractivity contribution is -0.182. The number of carbonyl (C=O) groups excluding carboxylic acids is 3. The number of amides is 4. The molecule has 56 heavy (non-hydrogen) atoms. The molecule has 2 bridgehead atoms. The molecule has 10 rings (SSSR count). The van der Waals surface area contributed by atoms with Crippen LogP contribution in [0.5, 0.6) is 0 Å². The van der Waals surface area contributed by atoms with E-state index in [1.807, 2.05) is 6.20 Å². The fraction of sp³-hybridized carbons (Fsp3) is 0.459. The van der Waals surface area contributed by atoms with Crippen molar-refractivity contribution in [3.8, 4) is 0 Å². The van der Waals surface area contributed by atoms with Gasteiger partial charge in [0.1, 0.15) is 22.6 Å². The molecule has 5 fully saturated rings. The van der Waals surface area contributed by atoms with Gasteiger partial charge in [-0.2, -0.15) is 23.4 Å². The number of benzene rings is 1. The zero-order chi connectivity index (χ0) is 39.0. The second-order valence-corrected chi connectivity index (χ2v) is 15.9. The molecule has 16 nitrogen and oxygen atoms in total. The molecule has 6 heterocycles. The molecule has 292 valence electrons. The number of fused-ring (bicyclic) bond motifs is 1. The fourth-order valence-electron chi connectivity index (χ4n) is 8.41. The van der Waals surface area contributed by atoms with Gasteiger partial charge in [-0.25, -0.2) is 19.3 Å². The van der Waals surface area contributed by atoms with Crippen LogP contribution in [0.25, 0.3) is 5.52 Å². The average molecular weight is 773 g/mol. The number of rotatable bonds is 10. The van der Waals surface area contributed by atoms with Crippen LogP contribution in [-0.2, 0) is 34.1 Å². The van der Waals surface area contributed by atoms with Crippen molar-refractivity contribution in [3.63, 3.8) is 0 Å². The Bertz CT molecular complexity index is 2320. The Balaban J connectivity index is 0.745. The number of urea groups is 1. The van der Waals surface area contributed by atoms with Crippen molar-refractivity contribution in [1.82, 2.24) is 50.5 Å². The van der Waals surface area contributed by atoms with Gasteiger partial charge in [0.05, 0.1) is 36.5 Å². The summed E-state index contributed by atoms with van der Waals surface area (Å²) in [7, 11) is 0. The minimum atomic E-state index is -4.52. The third kappa shape index (κ3) is 6.04. The zero-order valence-electron chi connectivity index (χ0n) is 30.7. The summed E-state index contributed by atoms with van der Waals surface area (Å²) in [6.45, 7) is 6.36. The van der Waals surface area contributed by atoms with Gasteiger partial charge in [-0.05, 0) is 49.7 Å². The number of piperazine rings is 1. The normalized spacial score (nSPS) is 22.9. The van der Waals surface area contributed by atoms with E-state index in [4.69, 9.17) is 4.52 Å². The van der Waals surface area contributed by atoms with E-state index < -0.39 is 29.4 Å². The summed E-state index contributed by atoms with van der Waals surface area (Å²) >= 11 is 0. The standard InChI is InChI=1S/C37H39F3N12O4/c1-34(2,37(38,39)40)32-44-28(46-47-32)16-42-31(54)26-13-27(48-56-26)36-19-35(20-36,21-36)23-5-3-22(4-6-23)17-49-9-11-50(12-10-49)29-18-52-25(14-41-29)24(15-43-52)51-8-7-30(53)45-33(51)55/h3-6,13-15,18H,7-12,16-17,19-21H2,1-2H3,(H,42,54)(H,44,46,47)(H,45,53,55). The number of imide groups is 1. The van der Waals surface area contributed by atoms with Gasteiger partial charge in [0.15, 0.2) is 5.82 Å². The summed E-state index contributed by atoms with van der Waals surface area (Å²) in [5.74, 6) is -0.275. The topological polar surface area (TPSA) is 183 Å². The summed E-state index contributed by atoms with van der Waals surface area (Å²) in [6, 6.07) is 10.1. The van der Waals surface area contributed by atoms with Gasteiger partial charge in [0.2, 0.25) is 11.7 Å². The molecule has 0 atom stereocenters. The summed E-state index contributed by atoms with van der Waals surface area (Å²) in [6.07, 6.45) is 3.68. The van der Waals surface area contributed by atoms with E-state index in [0.29, 0.717) is 17.7 Å². The highest BCUT2D eigenvalue weighted by atomic mass is 19.4. The number of halogens is 3. The number of hydrogen-bond acceptors (Lipinski definition) is 11. The van der Waals surface area contributed by atoms with Crippen molar-refractivity contribution in [3.05, 3.63) is 83.2 Å². The Labute approximate surface area is 317 Å².